The number of aromatic nitrogens is 2. The normalized spacial score (nSPS) is 10.2. The van der Waals surface area contributed by atoms with Gasteiger partial charge in [0.2, 0.25) is 0 Å². The fourth-order valence-corrected chi connectivity index (χ4v) is 1.80. The van der Waals surface area contributed by atoms with Crippen LogP contribution in [0.3, 0.4) is 0 Å². The molecule has 2 aromatic carbocycles. The summed E-state index contributed by atoms with van der Waals surface area (Å²) in [7, 11) is 0. The van der Waals surface area contributed by atoms with E-state index in [1.807, 2.05) is 24.3 Å². The number of hydrogen-bond donors (Lipinski definition) is 0. The minimum absolute atomic E-state index is 0. The van der Waals surface area contributed by atoms with E-state index in [0.29, 0.717) is 11.3 Å². The maximum absolute atomic E-state index is 13.2. The molecule has 0 aliphatic carbocycles. The molecular weight excluding hydrogens is 426 g/mol. The first-order valence-electron chi connectivity index (χ1n) is 5.32. The van der Waals surface area contributed by atoms with Crippen molar-refractivity contribution >= 4 is 10.9 Å². The van der Waals surface area contributed by atoms with Gasteiger partial charge in [0.1, 0.15) is 6.33 Å². The van der Waals surface area contributed by atoms with Crippen LogP contribution >= 0.6 is 0 Å². The van der Waals surface area contributed by atoms with Gasteiger partial charge in [0, 0.05) is 20.1 Å². The minimum atomic E-state index is -0.919. The molecule has 0 aliphatic heterocycles. The summed E-state index contributed by atoms with van der Waals surface area (Å²) in [6.07, 6.45) is 1.40. The van der Waals surface area contributed by atoms with E-state index < -0.39 is 11.6 Å². The SMILES string of the molecule is Fc1c[c-]c(-c2ncnc3ccccc23)cc1F.[Ir]. The van der Waals surface area contributed by atoms with Crippen molar-refractivity contribution in [3.63, 3.8) is 0 Å². The third kappa shape index (κ3) is 2.53. The molecule has 0 amide bonds. The van der Waals surface area contributed by atoms with Crippen molar-refractivity contribution in [1.29, 1.82) is 0 Å². The van der Waals surface area contributed by atoms with E-state index >= 15 is 0 Å². The fourth-order valence-electron chi connectivity index (χ4n) is 1.80. The maximum atomic E-state index is 13.2. The zero-order valence-electron chi connectivity index (χ0n) is 9.53. The summed E-state index contributed by atoms with van der Waals surface area (Å²) >= 11 is 0. The molecule has 1 aromatic heterocycles. The van der Waals surface area contributed by atoms with Gasteiger partial charge in [0.05, 0.1) is 17.2 Å². The topological polar surface area (TPSA) is 25.8 Å². The number of rotatable bonds is 1. The van der Waals surface area contributed by atoms with E-state index in [9.17, 15) is 8.78 Å². The van der Waals surface area contributed by atoms with Crippen LogP contribution in [0.25, 0.3) is 22.2 Å². The number of para-hydroxylation sites is 1. The second kappa shape index (κ2) is 5.51. The first kappa shape index (κ1) is 13.7. The Bertz CT molecular complexity index is 726. The summed E-state index contributed by atoms with van der Waals surface area (Å²) in [6.45, 7) is 0. The summed E-state index contributed by atoms with van der Waals surface area (Å²) in [4.78, 5) is 8.23. The minimum Gasteiger partial charge on any atom is -0.285 e. The summed E-state index contributed by atoms with van der Waals surface area (Å²) in [5.74, 6) is -1.83. The van der Waals surface area contributed by atoms with E-state index in [4.69, 9.17) is 0 Å². The van der Waals surface area contributed by atoms with Gasteiger partial charge in [-0.15, -0.1) is 23.8 Å². The van der Waals surface area contributed by atoms with Crippen LogP contribution in [0.2, 0.25) is 0 Å². The predicted molar refractivity (Wildman–Crippen MR) is 63.7 cm³/mol. The van der Waals surface area contributed by atoms with E-state index in [2.05, 4.69) is 16.0 Å². The fraction of sp³-hybridized carbons (Fsp3) is 0. The Morgan fingerprint density at radius 2 is 1.79 bits per heavy atom. The molecule has 1 heterocycles. The van der Waals surface area contributed by atoms with Crippen LogP contribution in [0.5, 0.6) is 0 Å². The second-order valence-corrected chi connectivity index (χ2v) is 3.78. The Morgan fingerprint density at radius 3 is 2.58 bits per heavy atom. The molecule has 0 N–H and O–H groups in total. The zero-order valence-corrected chi connectivity index (χ0v) is 11.9. The smallest absolute Gasteiger partial charge is 0.106 e. The van der Waals surface area contributed by atoms with E-state index in [1.54, 1.807) is 0 Å². The summed E-state index contributed by atoms with van der Waals surface area (Å²) in [5, 5.41) is 0.780. The van der Waals surface area contributed by atoms with Crippen molar-refractivity contribution in [3.05, 3.63) is 60.4 Å². The van der Waals surface area contributed by atoms with Gasteiger partial charge in [-0.1, -0.05) is 18.2 Å². The standard InChI is InChI=1S/C14H7F2N2.Ir/c15-11-6-5-9(7-12(11)16)14-10-3-1-2-4-13(10)17-8-18-14;/h1-4,6-8H;/q-1;. The molecule has 0 atom stereocenters. The van der Waals surface area contributed by atoms with Crippen molar-refractivity contribution in [2.75, 3.05) is 0 Å². The van der Waals surface area contributed by atoms with Crippen molar-refractivity contribution in [1.82, 2.24) is 9.97 Å². The van der Waals surface area contributed by atoms with Gasteiger partial charge in [-0.2, -0.15) is 0 Å². The molecule has 0 spiro atoms. The monoisotopic (exact) mass is 434 g/mol. The van der Waals surface area contributed by atoms with Crippen LogP contribution < -0.4 is 0 Å². The number of hydrogen-bond acceptors (Lipinski definition) is 2. The predicted octanol–water partition coefficient (Wildman–Crippen LogP) is 3.37. The number of fused-ring (bicyclic) bond motifs is 1. The second-order valence-electron chi connectivity index (χ2n) is 3.78. The van der Waals surface area contributed by atoms with Gasteiger partial charge >= 0.3 is 0 Å². The third-order valence-electron chi connectivity index (χ3n) is 2.65. The van der Waals surface area contributed by atoms with Crippen molar-refractivity contribution < 1.29 is 28.9 Å². The van der Waals surface area contributed by atoms with Crippen LogP contribution in [0.15, 0.2) is 42.7 Å². The van der Waals surface area contributed by atoms with Crippen molar-refractivity contribution in [3.8, 4) is 11.3 Å². The quantitative estimate of drug-likeness (QED) is 0.550. The Labute approximate surface area is 121 Å². The molecule has 2 nitrogen and oxygen atoms in total. The van der Waals surface area contributed by atoms with Gasteiger partial charge < -0.3 is 0 Å². The molecule has 0 unspecified atom stereocenters. The molecule has 0 saturated carbocycles. The largest absolute Gasteiger partial charge is 0.285 e. The molecule has 97 valence electrons. The van der Waals surface area contributed by atoms with Crippen LogP contribution in [0.4, 0.5) is 8.78 Å². The average molecular weight is 433 g/mol. The molecule has 19 heavy (non-hydrogen) atoms. The zero-order chi connectivity index (χ0) is 12.5. The van der Waals surface area contributed by atoms with Gasteiger partial charge in [0.25, 0.3) is 0 Å². The Kier molecular flexibility index (Phi) is 3.98. The van der Waals surface area contributed by atoms with Crippen LogP contribution in [0, 0.1) is 17.7 Å². The Balaban J connectivity index is 0.00000133. The van der Waals surface area contributed by atoms with Gasteiger partial charge in [-0.25, -0.2) is 9.37 Å². The summed E-state index contributed by atoms with van der Waals surface area (Å²) in [6, 6.07) is 12.1. The van der Waals surface area contributed by atoms with E-state index in [0.717, 1.165) is 23.0 Å². The molecule has 1 radical (unpaired) electrons. The van der Waals surface area contributed by atoms with E-state index in [1.165, 1.54) is 6.33 Å². The van der Waals surface area contributed by atoms with Gasteiger partial charge in [0.15, 0.2) is 0 Å². The number of halogens is 2. The molecule has 3 aromatic rings. The van der Waals surface area contributed by atoms with Crippen molar-refractivity contribution in [2.45, 2.75) is 0 Å². The van der Waals surface area contributed by atoms with E-state index in [-0.39, 0.29) is 20.1 Å². The molecule has 5 heteroatoms. The molecule has 3 rings (SSSR count). The Hall–Kier alpha value is -1.71. The summed E-state index contributed by atoms with van der Waals surface area (Å²) in [5.41, 5.74) is 1.70. The molecule has 0 saturated heterocycles. The van der Waals surface area contributed by atoms with Crippen LogP contribution in [-0.4, -0.2) is 9.97 Å². The number of nitrogens with zero attached hydrogens (tertiary/aromatic N) is 2. The molecule has 0 fully saturated rings. The first-order chi connectivity index (χ1) is 8.75. The molecular formula is C14H7F2IrN2-. The van der Waals surface area contributed by atoms with Gasteiger partial charge in [-0.3, -0.25) is 9.37 Å². The maximum Gasteiger partial charge on any atom is 0.106 e. The first-order valence-corrected chi connectivity index (χ1v) is 5.32. The third-order valence-corrected chi connectivity index (χ3v) is 2.65. The summed E-state index contributed by atoms with van der Waals surface area (Å²) < 4.78 is 26.1. The molecule has 0 aliphatic rings. The molecule has 0 bridgehead atoms. The number of benzene rings is 2. The van der Waals surface area contributed by atoms with Crippen molar-refractivity contribution in [2.24, 2.45) is 0 Å². The Morgan fingerprint density at radius 1 is 1.00 bits per heavy atom. The van der Waals surface area contributed by atoms with Gasteiger partial charge in [-0.05, 0) is 17.1 Å². The van der Waals surface area contributed by atoms with Crippen LogP contribution in [0.1, 0.15) is 0 Å². The average Bonchev–Trinajstić information content (AvgIpc) is 2.41. The van der Waals surface area contributed by atoms with Crippen LogP contribution in [-0.2, 0) is 20.1 Å².